The minimum Gasteiger partial charge on any atom is -0.452 e. The summed E-state index contributed by atoms with van der Waals surface area (Å²) in [7, 11) is 1.53. The van der Waals surface area contributed by atoms with Crippen LogP contribution >= 0.6 is 11.6 Å². The molecule has 0 aliphatic carbocycles. The Balaban J connectivity index is 1.86. The van der Waals surface area contributed by atoms with Crippen LogP contribution in [0.3, 0.4) is 0 Å². The molecule has 1 aliphatic rings. The summed E-state index contributed by atoms with van der Waals surface area (Å²) in [4.78, 5) is 37.9. The molecule has 0 unspecified atom stereocenters. The molecule has 1 aromatic rings. The molecule has 142 valence electrons. The molecular weight excluding hydrogens is 360 g/mol. The highest BCUT2D eigenvalue weighted by Gasteiger charge is 2.36. The Morgan fingerprint density at radius 3 is 2.81 bits per heavy atom. The van der Waals surface area contributed by atoms with Gasteiger partial charge < -0.3 is 19.7 Å². The highest BCUT2D eigenvalue weighted by molar-refractivity contribution is 6.31. The van der Waals surface area contributed by atoms with Crippen molar-refractivity contribution in [3.63, 3.8) is 0 Å². The first kappa shape index (κ1) is 20.2. The van der Waals surface area contributed by atoms with Gasteiger partial charge in [-0.3, -0.25) is 14.4 Å². The molecule has 1 saturated heterocycles. The van der Waals surface area contributed by atoms with Gasteiger partial charge in [-0.1, -0.05) is 29.8 Å². The number of benzene rings is 1. The minimum atomic E-state index is -0.924. The summed E-state index contributed by atoms with van der Waals surface area (Å²) >= 11 is 6.12. The van der Waals surface area contributed by atoms with Gasteiger partial charge in [-0.05, 0) is 18.6 Å². The Hall–Kier alpha value is -2.12. The van der Waals surface area contributed by atoms with E-state index in [0.717, 1.165) is 5.56 Å². The van der Waals surface area contributed by atoms with E-state index in [2.05, 4.69) is 5.32 Å². The van der Waals surface area contributed by atoms with E-state index in [9.17, 15) is 14.4 Å². The molecule has 7 nitrogen and oxygen atoms in total. The molecule has 1 N–H and O–H groups in total. The Kier molecular flexibility index (Phi) is 7.41. The lowest BCUT2D eigenvalue weighted by Gasteiger charge is -2.18. The quantitative estimate of drug-likeness (QED) is 0.542. The first-order valence-corrected chi connectivity index (χ1v) is 8.78. The summed E-state index contributed by atoms with van der Waals surface area (Å²) in [6.07, 6.45) is -0.853. The summed E-state index contributed by atoms with van der Waals surface area (Å²) in [6, 6.07) is 7.26. The molecule has 0 spiro atoms. The van der Waals surface area contributed by atoms with Gasteiger partial charge in [0.25, 0.3) is 5.91 Å². The van der Waals surface area contributed by atoms with Crippen molar-refractivity contribution in [2.24, 2.45) is 5.92 Å². The molecule has 8 heteroatoms. The summed E-state index contributed by atoms with van der Waals surface area (Å²) in [5, 5.41) is 3.18. The van der Waals surface area contributed by atoms with Gasteiger partial charge in [0, 0.05) is 38.2 Å². The third-order valence-electron chi connectivity index (χ3n) is 4.13. The van der Waals surface area contributed by atoms with Crippen molar-refractivity contribution in [1.29, 1.82) is 0 Å². The fourth-order valence-electron chi connectivity index (χ4n) is 2.66. The Morgan fingerprint density at radius 1 is 1.38 bits per heavy atom. The predicted octanol–water partition coefficient (Wildman–Crippen LogP) is 1.38. The largest absolute Gasteiger partial charge is 0.452 e. The van der Waals surface area contributed by atoms with Crippen LogP contribution in [-0.2, 0) is 30.4 Å². The van der Waals surface area contributed by atoms with Crippen LogP contribution in [0.25, 0.3) is 0 Å². The number of esters is 1. The van der Waals surface area contributed by atoms with Gasteiger partial charge >= 0.3 is 5.97 Å². The molecule has 2 atom stereocenters. The van der Waals surface area contributed by atoms with Crippen LogP contribution in [0.1, 0.15) is 18.9 Å². The maximum Gasteiger partial charge on any atom is 0.312 e. The van der Waals surface area contributed by atoms with Gasteiger partial charge in [0.05, 0.1) is 12.5 Å². The van der Waals surface area contributed by atoms with E-state index in [0.29, 0.717) is 24.7 Å². The molecule has 0 bridgehead atoms. The topological polar surface area (TPSA) is 84.9 Å². The van der Waals surface area contributed by atoms with Crippen molar-refractivity contribution < 1.29 is 23.9 Å². The average Bonchev–Trinajstić information content (AvgIpc) is 2.98. The van der Waals surface area contributed by atoms with Gasteiger partial charge in [0.2, 0.25) is 5.91 Å². The second-order valence-corrected chi connectivity index (χ2v) is 6.54. The molecule has 0 saturated carbocycles. The van der Waals surface area contributed by atoms with Crippen LogP contribution in [0.5, 0.6) is 0 Å². The molecule has 1 fully saturated rings. The normalized spacial score (nSPS) is 17.9. The maximum atomic E-state index is 12.3. The second kappa shape index (κ2) is 9.54. The van der Waals surface area contributed by atoms with E-state index in [1.807, 2.05) is 18.2 Å². The predicted molar refractivity (Wildman–Crippen MR) is 95.4 cm³/mol. The summed E-state index contributed by atoms with van der Waals surface area (Å²) in [5.74, 6) is -1.66. The first-order valence-electron chi connectivity index (χ1n) is 8.40. The third kappa shape index (κ3) is 5.44. The smallest absolute Gasteiger partial charge is 0.312 e. The molecule has 26 heavy (non-hydrogen) atoms. The number of likely N-dealkylation sites (tertiary alicyclic amines) is 1. The number of nitrogens with zero attached hydrogens (tertiary/aromatic N) is 1. The number of carbonyl (C=O) groups excluding carboxylic acids is 3. The van der Waals surface area contributed by atoms with Gasteiger partial charge in [0.15, 0.2) is 6.10 Å². The number of nitrogens with one attached hydrogen (secondary N) is 1. The Labute approximate surface area is 157 Å². The summed E-state index contributed by atoms with van der Waals surface area (Å²) < 4.78 is 10.0. The number of hydrogen-bond acceptors (Lipinski definition) is 5. The molecule has 1 aliphatic heterocycles. The monoisotopic (exact) mass is 382 g/mol. The summed E-state index contributed by atoms with van der Waals surface area (Å²) in [5.41, 5.74) is 0.822. The zero-order valence-corrected chi connectivity index (χ0v) is 15.6. The highest BCUT2D eigenvalue weighted by atomic mass is 35.5. The van der Waals surface area contributed by atoms with Crippen molar-refractivity contribution in [3.8, 4) is 0 Å². The van der Waals surface area contributed by atoms with Gasteiger partial charge in [-0.25, -0.2) is 0 Å². The van der Waals surface area contributed by atoms with Crippen LogP contribution < -0.4 is 5.32 Å². The van der Waals surface area contributed by atoms with Crippen LogP contribution in [0.4, 0.5) is 0 Å². The van der Waals surface area contributed by atoms with Gasteiger partial charge in [0.1, 0.15) is 0 Å². The van der Waals surface area contributed by atoms with E-state index < -0.39 is 23.9 Å². The fourth-order valence-corrected chi connectivity index (χ4v) is 2.85. The molecule has 0 aromatic heterocycles. The lowest BCUT2D eigenvalue weighted by molar-refractivity contribution is -0.158. The van der Waals surface area contributed by atoms with Crippen LogP contribution in [0.15, 0.2) is 24.3 Å². The summed E-state index contributed by atoms with van der Waals surface area (Å²) in [6.45, 7) is 2.81. The van der Waals surface area contributed by atoms with E-state index in [-0.39, 0.29) is 18.9 Å². The van der Waals surface area contributed by atoms with Crippen molar-refractivity contribution in [2.45, 2.75) is 26.0 Å². The molecule has 1 heterocycles. The van der Waals surface area contributed by atoms with Gasteiger partial charge in [-0.15, -0.1) is 0 Å². The molecular formula is C18H23ClN2O5. The lowest BCUT2D eigenvalue weighted by atomic mass is 10.1. The zero-order valence-electron chi connectivity index (χ0n) is 14.9. The number of carbonyl (C=O) groups is 3. The number of halogens is 1. The van der Waals surface area contributed by atoms with Crippen molar-refractivity contribution >= 4 is 29.4 Å². The maximum absolute atomic E-state index is 12.3. The number of methoxy groups -OCH3 is 1. The van der Waals surface area contributed by atoms with Crippen molar-refractivity contribution in [3.05, 3.63) is 34.9 Å². The van der Waals surface area contributed by atoms with E-state index >= 15 is 0 Å². The number of hydrogen-bond donors (Lipinski definition) is 1. The van der Waals surface area contributed by atoms with Crippen LogP contribution in [-0.4, -0.2) is 55.6 Å². The Bertz CT molecular complexity index is 667. The molecule has 0 radical (unpaired) electrons. The Morgan fingerprint density at radius 2 is 2.12 bits per heavy atom. The number of amides is 2. The van der Waals surface area contributed by atoms with Crippen LogP contribution in [0, 0.1) is 5.92 Å². The average molecular weight is 383 g/mol. The van der Waals surface area contributed by atoms with Crippen LogP contribution in [0.2, 0.25) is 5.02 Å². The fraction of sp³-hybridized carbons (Fsp3) is 0.500. The second-order valence-electron chi connectivity index (χ2n) is 6.13. The number of rotatable bonds is 8. The van der Waals surface area contributed by atoms with Crippen molar-refractivity contribution in [1.82, 2.24) is 10.2 Å². The SMILES string of the molecule is COCCNC(=O)[C@@H](C)OC(=O)[C@@H]1CC(=O)N(Cc2ccccc2Cl)C1. The third-order valence-corrected chi connectivity index (χ3v) is 4.50. The highest BCUT2D eigenvalue weighted by Crippen LogP contribution is 2.24. The lowest BCUT2D eigenvalue weighted by Crippen LogP contribution is -2.38. The molecule has 1 aromatic carbocycles. The van der Waals surface area contributed by atoms with E-state index in [1.54, 1.807) is 11.0 Å². The standard InChI is InChI=1S/C18H23ClN2O5/c1-12(17(23)20-7-8-25-2)26-18(24)14-9-16(22)21(11-14)10-13-5-3-4-6-15(13)19/h3-6,12,14H,7-11H2,1-2H3,(H,20,23)/t12-,14-/m1/s1. The molecule has 2 amide bonds. The van der Waals surface area contributed by atoms with E-state index in [1.165, 1.54) is 14.0 Å². The van der Waals surface area contributed by atoms with Gasteiger partial charge in [-0.2, -0.15) is 0 Å². The zero-order chi connectivity index (χ0) is 19.1. The minimum absolute atomic E-state index is 0.0707. The van der Waals surface area contributed by atoms with Crippen molar-refractivity contribution in [2.75, 3.05) is 26.8 Å². The number of ether oxygens (including phenoxy) is 2. The molecule has 2 rings (SSSR count). The first-order chi connectivity index (χ1) is 12.4. The van der Waals surface area contributed by atoms with E-state index in [4.69, 9.17) is 21.1 Å².